The van der Waals surface area contributed by atoms with E-state index in [9.17, 15) is 4.79 Å². The largest absolute Gasteiger partial charge is 0.341 e. The van der Waals surface area contributed by atoms with Crippen molar-refractivity contribution in [1.82, 2.24) is 4.90 Å². The van der Waals surface area contributed by atoms with Gasteiger partial charge in [0.05, 0.1) is 6.04 Å². The van der Waals surface area contributed by atoms with Crippen molar-refractivity contribution in [2.45, 2.75) is 32.7 Å². The minimum absolute atomic E-state index is 0.173. The summed E-state index contributed by atoms with van der Waals surface area (Å²) in [5, 5.41) is 0. The van der Waals surface area contributed by atoms with Crippen LogP contribution in [-0.4, -0.2) is 29.9 Å². The molecule has 3 unspecified atom stereocenters. The summed E-state index contributed by atoms with van der Waals surface area (Å²) in [6, 6.07) is -0.280. The first-order valence-electron chi connectivity index (χ1n) is 5.67. The fourth-order valence-electron chi connectivity index (χ4n) is 2.29. The number of carbonyl (C=O) groups excluding carboxylic acids is 1. The van der Waals surface area contributed by atoms with Crippen LogP contribution in [0.4, 0.5) is 0 Å². The molecule has 0 spiro atoms. The van der Waals surface area contributed by atoms with E-state index in [1.165, 1.54) is 6.42 Å². The molecule has 1 saturated heterocycles. The number of fused-ring (bicyclic) bond motifs is 1. The van der Waals surface area contributed by atoms with Gasteiger partial charge in [0.1, 0.15) is 0 Å². The summed E-state index contributed by atoms with van der Waals surface area (Å²) in [6.07, 6.45) is 2.32. The molecule has 2 rings (SSSR count). The summed E-state index contributed by atoms with van der Waals surface area (Å²) < 4.78 is 0. The van der Waals surface area contributed by atoms with E-state index in [0.717, 1.165) is 31.3 Å². The lowest BCUT2D eigenvalue weighted by atomic mass is 9.99. The third-order valence-electron chi connectivity index (χ3n) is 3.83. The first-order chi connectivity index (χ1) is 6.63. The van der Waals surface area contributed by atoms with Gasteiger partial charge in [-0.2, -0.15) is 0 Å². The van der Waals surface area contributed by atoms with Gasteiger partial charge in [-0.15, -0.1) is 0 Å². The lowest BCUT2D eigenvalue weighted by molar-refractivity contribution is -0.133. The van der Waals surface area contributed by atoms with Gasteiger partial charge < -0.3 is 10.6 Å². The normalized spacial score (nSPS) is 33.8. The monoisotopic (exact) mass is 196 g/mol. The second-order valence-corrected chi connectivity index (χ2v) is 4.91. The van der Waals surface area contributed by atoms with Crippen molar-refractivity contribution < 1.29 is 4.79 Å². The van der Waals surface area contributed by atoms with E-state index in [0.29, 0.717) is 5.92 Å². The van der Waals surface area contributed by atoms with Gasteiger partial charge in [0.15, 0.2) is 0 Å². The molecule has 1 amide bonds. The Labute approximate surface area is 85.6 Å². The lowest BCUT2D eigenvalue weighted by Gasteiger charge is -2.25. The van der Waals surface area contributed by atoms with E-state index in [-0.39, 0.29) is 11.9 Å². The van der Waals surface area contributed by atoms with Crippen molar-refractivity contribution in [3.8, 4) is 0 Å². The lowest BCUT2D eigenvalue weighted by Crippen LogP contribution is -2.46. The van der Waals surface area contributed by atoms with Gasteiger partial charge in [-0.3, -0.25) is 4.79 Å². The van der Waals surface area contributed by atoms with Crippen LogP contribution in [0, 0.1) is 17.8 Å². The molecule has 3 heteroatoms. The zero-order valence-corrected chi connectivity index (χ0v) is 9.07. The molecule has 1 aliphatic heterocycles. The molecule has 80 valence electrons. The number of piperidine rings is 1. The highest BCUT2D eigenvalue weighted by Gasteiger charge is 2.47. The van der Waals surface area contributed by atoms with E-state index in [2.05, 4.69) is 13.8 Å². The number of hydrogen-bond donors (Lipinski definition) is 1. The van der Waals surface area contributed by atoms with Crippen molar-refractivity contribution in [1.29, 1.82) is 0 Å². The highest BCUT2D eigenvalue weighted by molar-refractivity contribution is 5.82. The molecular formula is C11H20N2O. The van der Waals surface area contributed by atoms with Gasteiger partial charge in [-0.25, -0.2) is 0 Å². The number of carbonyl (C=O) groups is 1. The molecule has 2 aliphatic rings. The molecule has 2 N–H and O–H groups in total. The quantitative estimate of drug-likeness (QED) is 0.727. The zero-order chi connectivity index (χ0) is 10.3. The predicted molar refractivity (Wildman–Crippen MR) is 55.6 cm³/mol. The zero-order valence-electron chi connectivity index (χ0n) is 9.07. The van der Waals surface area contributed by atoms with Crippen LogP contribution in [-0.2, 0) is 4.79 Å². The SMILES string of the molecule is CCC(C)[C@H](N)C(=O)N1CC2CC2C1. The molecule has 0 bridgehead atoms. The van der Waals surface area contributed by atoms with Crippen LogP contribution in [0.3, 0.4) is 0 Å². The first kappa shape index (κ1) is 9.97. The van der Waals surface area contributed by atoms with Crippen LogP contribution >= 0.6 is 0 Å². The Hall–Kier alpha value is -0.570. The smallest absolute Gasteiger partial charge is 0.239 e. The molecule has 0 aromatic carbocycles. The highest BCUT2D eigenvalue weighted by atomic mass is 16.2. The Kier molecular flexibility index (Phi) is 2.52. The number of nitrogens with two attached hydrogens (primary N) is 1. The Morgan fingerprint density at radius 1 is 1.50 bits per heavy atom. The molecular weight excluding hydrogens is 176 g/mol. The van der Waals surface area contributed by atoms with Crippen molar-refractivity contribution >= 4 is 5.91 Å². The molecule has 0 aromatic heterocycles. The average molecular weight is 196 g/mol. The second kappa shape index (κ2) is 3.54. The van der Waals surface area contributed by atoms with Crippen molar-refractivity contribution in [3.05, 3.63) is 0 Å². The number of nitrogens with zero attached hydrogens (tertiary/aromatic N) is 1. The fourth-order valence-corrected chi connectivity index (χ4v) is 2.29. The molecule has 14 heavy (non-hydrogen) atoms. The van der Waals surface area contributed by atoms with Gasteiger partial charge in [-0.05, 0) is 24.2 Å². The van der Waals surface area contributed by atoms with E-state index >= 15 is 0 Å². The van der Waals surface area contributed by atoms with Gasteiger partial charge >= 0.3 is 0 Å². The summed E-state index contributed by atoms with van der Waals surface area (Å²) in [5.74, 6) is 2.09. The molecule has 2 fully saturated rings. The Morgan fingerprint density at radius 3 is 2.57 bits per heavy atom. The number of amides is 1. The minimum atomic E-state index is -0.280. The second-order valence-electron chi connectivity index (χ2n) is 4.91. The molecule has 1 heterocycles. The molecule has 1 aliphatic carbocycles. The number of likely N-dealkylation sites (tertiary alicyclic amines) is 1. The summed E-state index contributed by atoms with van der Waals surface area (Å²) in [7, 11) is 0. The predicted octanol–water partition coefficient (Wildman–Crippen LogP) is 0.838. The van der Waals surface area contributed by atoms with Crippen LogP contribution in [0.5, 0.6) is 0 Å². The summed E-state index contributed by atoms with van der Waals surface area (Å²) in [6.45, 7) is 6.07. The Bertz CT molecular complexity index is 227. The fraction of sp³-hybridized carbons (Fsp3) is 0.909. The maximum atomic E-state index is 11.9. The first-order valence-corrected chi connectivity index (χ1v) is 5.67. The van der Waals surface area contributed by atoms with Crippen molar-refractivity contribution in [3.63, 3.8) is 0 Å². The maximum absolute atomic E-state index is 11.9. The van der Waals surface area contributed by atoms with Crippen LogP contribution in [0.1, 0.15) is 26.7 Å². The maximum Gasteiger partial charge on any atom is 0.239 e. The van der Waals surface area contributed by atoms with Crippen molar-refractivity contribution in [2.24, 2.45) is 23.5 Å². The summed E-state index contributed by atoms with van der Waals surface area (Å²) >= 11 is 0. The van der Waals surface area contributed by atoms with Crippen LogP contribution in [0.2, 0.25) is 0 Å². The number of rotatable bonds is 3. The van der Waals surface area contributed by atoms with E-state index in [1.54, 1.807) is 0 Å². The van der Waals surface area contributed by atoms with E-state index < -0.39 is 0 Å². The summed E-state index contributed by atoms with van der Waals surface area (Å²) in [4.78, 5) is 13.9. The van der Waals surface area contributed by atoms with Crippen molar-refractivity contribution in [2.75, 3.05) is 13.1 Å². The molecule has 0 radical (unpaired) electrons. The van der Waals surface area contributed by atoms with Gasteiger partial charge in [-0.1, -0.05) is 20.3 Å². The van der Waals surface area contributed by atoms with Crippen LogP contribution in [0.15, 0.2) is 0 Å². The van der Waals surface area contributed by atoms with Gasteiger partial charge in [0, 0.05) is 13.1 Å². The van der Waals surface area contributed by atoms with Crippen LogP contribution < -0.4 is 5.73 Å². The van der Waals surface area contributed by atoms with Gasteiger partial charge in [0.25, 0.3) is 0 Å². The highest BCUT2D eigenvalue weighted by Crippen LogP contribution is 2.45. The average Bonchev–Trinajstić information content (AvgIpc) is 2.82. The van der Waals surface area contributed by atoms with Gasteiger partial charge in [0.2, 0.25) is 5.91 Å². The minimum Gasteiger partial charge on any atom is -0.341 e. The Morgan fingerprint density at radius 2 is 2.07 bits per heavy atom. The van der Waals surface area contributed by atoms with E-state index in [4.69, 9.17) is 5.73 Å². The molecule has 0 aromatic rings. The molecule has 1 saturated carbocycles. The standard InChI is InChI=1S/C11H20N2O/c1-3-7(2)10(12)11(14)13-5-8-4-9(8)6-13/h7-10H,3-6,12H2,1-2H3/t7?,8?,9?,10-/m0/s1. The molecule has 4 atom stereocenters. The number of hydrogen-bond acceptors (Lipinski definition) is 2. The molecule has 3 nitrogen and oxygen atoms in total. The van der Waals surface area contributed by atoms with Crippen LogP contribution in [0.25, 0.3) is 0 Å². The Balaban J connectivity index is 1.88. The van der Waals surface area contributed by atoms with E-state index in [1.807, 2.05) is 4.90 Å². The third kappa shape index (κ3) is 1.65. The summed E-state index contributed by atoms with van der Waals surface area (Å²) in [5.41, 5.74) is 5.92. The topological polar surface area (TPSA) is 46.3 Å². The third-order valence-corrected chi connectivity index (χ3v) is 3.83.